The Balaban J connectivity index is 2.14. The van der Waals surface area contributed by atoms with E-state index in [-0.39, 0.29) is 6.04 Å². The second-order valence-electron chi connectivity index (χ2n) is 4.57. The van der Waals surface area contributed by atoms with Gasteiger partial charge in [-0.3, -0.25) is 0 Å². The summed E-state index contributed by atoms with van der Waals surface area (Å²) in [5.74, 6) is 0. The van der Waals surface area contributed by atoms with Crippen molar-refractivity contribution in [3.8, 4) is 0 Å². The molecule has 1 fully saturated rings. The van der Waals surface area contributed by atoms with Crippen LogP contribution in [0.5, 0.6) is 0 Å². The van der Waals surface area contributed by atoms with Crippen LogP contribution in [0.25, 0.3) is 0 Å². The predicted molar refractivity (Wildman–Crippen MR) is 73.3 cm³/mol. The molecule has 0 bridgehead atoms. The van der Waals surface area contributed by atoms with Gasteiger partial charge in [-0.25, -0.2) is 0 Å². The molecule has 1 aliphatic heterocycles. The average Bonchev–Trinajstić information content (AvgIpc) is 2.75. The number of benzene rings is 1. The fourth-order valence-electron chi connectivity index (χ4n) is 2.14. The number of thioether (sulfide) groups is 1. The Labute approximate surface area is 108 Å². The maximum Gasteiger partial charge on any atom is 0.0669 e. The van der Waals surface area contributed by atoms with Crippen molar-refractivity contribution in [1.29, 1.82) is 0 Å². The van der Waals surface area contributed by atoms with Crippen molar-refractivity contribution in [2.45, 2.75) is 49.0 Å². The van der Waals surface area contributed by atoms with Crippen molar-refractivity contribution >= 4 is 11.8 Å². The SMILES string of the molecule is CC[C@H](N)c1ccccc1SC1CCOC1C. The van der Waals surface area contributed by atoms with Crippen LogP contribution in [-0.4, -0.2) is 18.0 Å². The smallest absolute Gasteiger partial charge is 0.0669 e. The Morgan fingerprint density at radius 1 is 1.47 bits per heavy atom. The van der Waals surface area contributed by atoms with Crippen LogP contribution in [0.2, 0.25) is 0 Å². The third-order valence-corrected chi connectivity index (χ3v) is 4.89. The molecule has 1 aliphatic rings. The lowest BCUT2D eigenvalue weighted by Gasteiger charge is -2.18. The molecule has 0 aromatic heterocycles. The van der Waals surface area contributed by atoms with Gasteiger partial charge in [-0.2, -0.15) is 0 Å². The van der Waals surface area contributed by atoms with Crippen LogP contribution in [0.15, 0.2) is 29.2 Å². The monoisotopic (exact) mass is 251 g/mol. The average molecular weight is 251 g/mol. The summed E-state index contributed by atoms with van der Waals surface area (Å²) in [6.45, 7) is 5.18. The van der Waals surface area contributed by atoms with Gasteiger partial charge in [0, 0.05) is 22.8 Å². The minimum Gasteiger partial charge on any atom is -0.377 e. The van der Waals surface area contributed by atoms with Crippen LogP contribution < -0.4 is 5.73 Å². The van der Waals surface area contributed by atoms with Gasteiger partial charge in [-0.05, 0) is 31.4 Å². The van der Waals surface area contributed by atoms with Crippen LogP contribution in [0.4, 0.5) is 0 Å². The molecule has 1 saturated heterocycles. The molecule has 0 amide bonds. The Bertz CT molecular complexity index is 369. The van der Waals surface area contributed by atoms with E-state index >= 15 is 0 Å². The van der Waals surface area contributed by atoms with Crippen LogP contribution in [0.3, 0.4) is 0 Å². The molecule has 3 atom stereocenters. The zero-order valence-corrected chi connectivity index (χ0v) is 11.4. The minimum absolute atomic E-state index is 0.149. The summed E-state index contributed by atoms with van der Waals surface area (Å²) in [6, 6.07) is 8.65. The first-order valence-corrected chi connectivity index (χ1v) is 7.23. The summed E-state index contributed by atoms with van der Waals surface area (Å²) in [5, 5.41) is 0.570. The first-order valence-electron chi connectivity index (χ1n) is 6.35. The molecule has 3 heteroatoms. The van der Waals surface area contributed by atoms with Crippen molar-refractivity contribution in [2.24, 2.45) is 5.73 Å². The van der Waals surface area contributed by atoms with Gasteiger partial charge in [0.15, 0.2) is 0 Å². The van der Waals surface area contributed by atoms with Crippen molar-refractivity contribution in [3.05, 3.63) is 29.8 Å². The molecule has 17 heavy (non-hydrogen) atoms. The highest BCUT2D eigenvalue weighted by atomic mass is 32.2. The van der Waals surface area contributed by atoms with Gasteiger partial charge in [-0.15, -0.1) is 11.8 Å². The zero-order chi connectivity index (χ0) is 12.3. The lowest BCUT2D eigenvalue weighted by atomic mass is 10.1. The summed E-state index contributed by atoms with van der Waals surface area (Å²) in [6.07, 6.45) is 2.47. The molecule has 2 unspecified atom stereocenters. The Morgan fingerprint density at radius 2 is 2.24 bits per heavy atom. The first-order chi connectivity index (χ1) is 8.22. The Hall–Kier alpha value is -0.510. The molecule has 1 aromatic carbocycles. The van der Waals surface area contributed by atoms with E-state index in [0.717, 1.165) is 19.4 Å². The third kappa shape index (κ3) is 3.03. The fraction of sp³-hybridized carbons (Fsp3) is 0.571. The van der Waals surface area contributed by atoms with Crippen LogP contribution in [-0.2, 0) is 4.74 Å². The van der Waals surface area contributed by atoms with E-state index in [4.69, 9.17) is 10.5 Å². The first kappa shape index (κ1) is 12.9. The van der Waals surface area contributed by atoms with Gasteiger partial charge in [0.05, 0.1) is 6.10 Å². The summed E-state index contributed by atoms with van der Waals surface area (Å²) in [4.78, 5) is 1.32. The molecular formula is C14H21NOS. The molecule has 0 saturated carbocycles. The normalized spacial score (nSPS) is 26.1. The van der Waals surface area contributed by atoms with Crippen molar-refractivity contribution in [3.63, 3.8) is 0 Å². The standard InChI is InChI=1S/C14H21NOS/c1-3-12(15)11-6-4-5-7-14(11)17-13-8-9-16-10(13)2/h4-7,10,12-13H,3,8-9,15H2,1-2H3/t10?,12-,13?/m0/s1. The van der Waals surface area contributed by atoms with Gasteiger partial charge < -0.3 is 10.5 Å². The number of ether oxygens (including phenoxy) is 1. The topological polar surface area (TPSA) is 35.2 Å². The van der Waals surface area contributed by atoms with Crippen molar-refractivity contribution in [2.75, 3.05) is 6.61 Å². The van der Waals surface area contributed by atoms with E-state index in [1.54, 1.807) is 0 Å². The third-order valence-electron chi connectivity index (χ3n) is 3.34. The molecule has 0 radical (unpaired) electrons. The molecule has 2 N–H and O–H groups in total. The van der Waals surface area contributed by atoms with Gasteiger partial charge >= 0.3 is 0 Å². The summed E-state index contributed by atoms with van der Waals surface area (Å²) in [7, 11) is 0. The Morgan fingerprint density at radius 3 is 2.88 bits per heavy atom. The van der Waals surface area contributed by atoms with Crippen LogP contribution >= 0.6 is 11.8 Å². The van der Waals surface area contributed by atoms with Crippen molar-refractivity contribution < 1.29 is 4.74 Å². The van der Waals surface area contributed by atoms with Gasteiger partial charge in [0.1, 0.15) is 0 Å². The van der Waals surface area contributed by atoms with Gasteiger partial charge in [0.25, 0.3) is 0 Å². The van der Waals surface area contributed by atoms with E-state index in [1.165, 1.54) is 10.5 Å². The zero-order valence-electron chi connectivity index (χ0n) is 10.6. The quantitative estimate of drug-likeness (QED) is 0.891. The lowest BCUT2D eigenvalue weighted by Crippen LogP contribution is -2.15. The number of nitrogens with two attached hydrogens (primary N) is 1. The second kappa shape index (κ2) is 5.89. The highest BCUT2D eigenvalue weighted by molar-refractivity contribution is 8.00. The second-order valence-corrected chi connectivity index (χ2v) is 5.85. The molecule has 2 nitrogen and oxygen atoms in total. The molecular weight excluding hydrogens is 230 g/mol. The predicted octanol–water partition coefficient (Wildman–Crippen LogP) is 3.37. The molecule has 0 spiro atoms. The van der Waals surface area contributed by atoms with Crippen LogP contribution in [0.1, 0.15) is 38.3 Å². The summed E-state index contributed by atoms with van der Waals surface area (Å²) < 4.78 is 5.61. The molecule has 1 aromatic rings. The molecule has 2 rings (SSSR count). The minimum atomic E-state index is 0.149. The van der Waals surface area contributed by atoms with E-state index in [2.05, 4.69) is 38.1 Å². The summed E-state index contributed by atoms with van der Waals surface area (Å²) in [5.41, 5.74) is 7.44. The number of hydrogen-bond acceptors (Lipinski definition) is 3. The van der Waals surface area contributed by atoms with E-state index < -0.39 is 0 Å². The van der Waals surface area contributed by atoms with Gasteiger partial charge in [-0.1, -0.05) is 25.1 Å². The highest BCUT2D eigenvalue weighted by Crippen LogP contribution is 2.36. The Kier molecular flexibility index (Phi) is 4.48. The van der Waals surface area contributed by atoms with Gasteiger partial charge in [0.2, 0.25) is 0 Å². The molecule has 0 aliphatic carbocycles. The number of hydrogen-bond donors (Lipinski definition) is 1. The van der Waals surface area contributed by atoms with Crippen molar-refractivity contribution in [1.82, 2.24) is 0 Å². The summed E-state index contributed by atoms with van der Waals surface area (Å²) >= 11 is 1.92. The number of rotatable bonds is 4. The fourth-order valence-corrected chi connectivity index (χ4v) is 3.47. The van der Waals surface area contributed by atoms with E-state index in [9.17, 15) is 0 Å². The molecule has 94 valence electrons. The molecule has 1 heterocycles. The van der Waals surface area contributed by atoms with Crippen LogP contribution in [0, 0.1) is 0 Å². The lowest BCUT2D eigenvalue weighted by molar-refractivity contribution is 0.127. The maximum atomic E-state index is 6.16. The largest absolute Gasteiger partial charge is 0.377 e. The maximum absolute atomic E-state index is 6.16. The van der Waals surface area contributed by atoms with E-state index in [1.807, 2.05) is 11.8 Å². The highest BCUT2D eigenvalue weighted by Gasteiger charge is 2.26. The van der Waals surface area contributed by atoms with E-state index in [0.29, 0.717) is 11.4 Å².